The van der Waals surface area contributed by atoms with Gasteiger partial charge in [0.15, 0.2) is 0 Å². The molecule has 1 heterocycles. The molecule has 0 aliphatic heterocycles. The topological polar surface area (TPSA) is 13.1 Å². The zero-order valence-electron chi connectivity index (χ0n) is 6.21. The van der Waals surface area contributed by atoms with Crippen LogP contribution in [-0.4, -0.2) is 0 Å². The van der Waals surface area contributed by atoms with Gasteiger partial charge in [-0.25, -0.2) is 0 Å². The minimum atomic E-state index is 0.938. The Hall–Kier alpha value is -0.980. The van der Waals surface area contributed by atoms with Crippen molar-refractivity contribution in [1.29, 1.82) is 0 Å². The van der Waals surface area contributed by atoms with Gasteiger partial charge < -0.3 is 4.42 Å². The van der Waals surface area contributed by atoms with Crippen LogP contribution in [0.2, 0.25) is 0 Å². The van der Waals surface area contributed by atoms with Gasteiger partial charge in [-0.15, -0.1) is 0 Å². The van der Waals surface area contributed by atoms with Gasteiger partial charge in [0.05, 0.1) is 6.26 Å². The van der Waals surface area contributed by atoms with Crippen molar-refractivity contribution in [1.82, 2.24) is 0 Å². The van der Waals surface area contributed by atoms with Crippen LogP contribution in [0.5, 0.6) is 0 Å². The molecule has 0 atom stereocenters. The van der Waals surface area contributed by atoms with Gasteiger partial charge in [0.2, 0.25) is 0 Å². The first-order valence-electron chi connectivity index (χ1n) is 3.63. The fourth-order valence-corrected chi connectivity index (χ4v) is 0.752. The van der Waals surface area contributed by atoms with Crippen molar-refractivity contribution in [3.05, 3.63) is 30.2 Å². The highest BCUT2D eigenvalue weighted by molar-refractivity contribution is 5.41. The molecule has 1 aromatic heterocycles. The Kier molecular flexibility index (Phi) is 2.81. The van der Waals surface area contributed by atoms with Crippen LogP contribution >= 0.6 is 0 Å². The highest BCUT2D eigenvalue weighted by Crippen LogP contribution is 2.03. The average molecular weight is 136 g/mol. The van der Waals surface area contributed by atoms with Crippen LogP contribution in [0.25, 0.3) is 6.08 Å². The number of hydrogen-bond acceptors (Lipinski definition) is 1. The Morgan fingerprint density at radius 1 is 1.60 bits per heavy atom. The van der Waals surface area contributed by atoms with Crippen molar-refractivity contribution < 1.29 is 4.42 Å². The van der Waals surface area contributed by atoms with Crippen molar-refractivity contribution in [3.8, 4) is 0 Å². The van der Waals surface area contributed by atoms with E-state index >= 15 is 0 Å². The average Bonchev–Trinajstić information content (AvgIpc) is 2.41. The van der Waals surface area contributed by atoms with E-state index < -0.39 is 0 Å². The lowest BCUT2D eigenvalue weighted by Gasteiger charge is -1.82. The Bertz CT molecular complexity index is 185. The molecule has 0 bridgehead atoms. The van der Waals surface area contributed by atoms with Crippen LogP contribution < -0.4 is 0 Å². The van der Waals surface area contributed by atoms with E-state index in [1.165, 1.54) is 6.42 Å². The summed E-state index contributed by atoms with van der Waals surface area (Å²) in [7, 11) is 0. The Morgan fingerprint density at radius 3 is 3.10 bits per heavy atom. The molecule has 0 spiro atoms. The molecule has 0 radical (unpaired) electrons. The smallest absolute Gasteiger partial charge is 0.126 e. The molecule has 0 aromatic carbocycles. The fraction of sp³-hybridized carbons (Fsp3) is 0.333. The predicted octanol–water partition coefficient (Wildman–Crippen LogP) is 3.09. The summed E-state index contributed by atoms with van der Waals surface area (Å²) in [6.07, 6.45) is 8.13. The Labute approximate surface area is 61.4 Å². The van der Waals surface area contributed by atoms with Crippen molar-refractivity contribution in [2.45, 2.75) is 19.8 Å². The molecule has 1 nitrogen and oxygen atoms in total. The largest absolute Gasteiger partial charge is 0.465 e. The molecule has 1 heteroatoms. The van der Waals surface area contributed by atoms with Crippen LogP contribution in [0.1, 0.15) is 25.5 Å². The van der Waals surface area contributed by atoms with Crippen molar-refractivity contribution in [2.75, 3.05) is 0 Å². The van der Waals surface area contributed by atoms with E-state index in [1.54, 1.807) is 6.26 Å². The van der Waals surface area contributed by atoms with Gasteiger partial charge in [-0.1, -0.05) is 19.4 Å². The number of hydrogen-bond donors (Lipinski definition) is 0. The molecule has 0 aliphatic rings. The molecule has 0 aliphatic carbocycles. The first-order chi connectivity index (χ1) is 4.93. The number of furan rings is 1. The second kappa shape index (κ2) is 3.94. The lowest BCUT2D eigenvalue weighted by molar-refractivity contribution is 0.557. The molecule has 0 N–H and O–H groups in total. The molecule has 54 valence electrons. The van der Waals surface area contributed by atoms with Crippen molar-refractivity contribution in [3.63, 3.8) is 0 Å². The lowest BCUT2D eigenvalue weighted by Crippen LogP contribution is -1.61. The Balaban J connectivity index is 2.40. The van der Waals surface area contributed by atoms with E-state index in [0.717, 1.165) is 12.2 Å². The zero-order chi connectivity index (χ0) is 7.23. The molecule has 0 fully saturated rings. The molecule has 0 saturated heterocycles. The Morgan fingerprint density at radius 2 is 2.50 bits per heavy atom. The predicted molar refractivity (Wildman–Crippen MR) is 42.7 cm³/mol. The number of rotatable bonds is 3. The normalized spacial score (nSPS) is 10.9. The third-order valence-corrected chi connectivity index (χ3v) is 1.28. The van der Waals surface area contributed by atoms with E-state index in [0.29, 0.717) is 0 Å². The lowest BCUT2D eigenvalue weighted by atomic mass is 10.3. The quantitative estimate of drug-likeness (QED) is 0.622. The molecule has 0 unspecified atom stereocenters. The first-order valence-corrected chi connectivity index (χ1v) is 3.63. The highest BCUT2D eigenvalue weighted by Gasteiger charge is 1.84. The molecular formula is C9H12O. The van der Waals surface area contributed by atoms with Gasteiger partial charge in [-0.2, -0.15) is 0 Å². The van der Waals surface area contributed by atoms with Crippen LogP contribution in [0.15, 0.2) is 28.9 Å². The summed E-state index contributed by atoms with van der Waals surface area (Å²) >= 11 is 0. The molecule has 1 aromatic rings. The first kappa shape index (κ1) is 7.13. The van der Waals surface area contributed by atoms with Gasteiger partial charge in [0.25, 0.3) is 0 Å². The van der Waals surface area contributed by atoms with Crippen LogP contribution in [-0.2, 0) is 0 Å². The summed E-state index contributed by atoms with van der Waals surface area (Å²) in [6.45, 7) is 2.16. The maximum Gasteiger partial charge on any atom is 0.126 e. The van der Waals surface area contributed by atoms with Gasteiger partial charge >= 0.3 is 0 Å². The molecular weight excluding hydrogens is 124 g/mol. The summed E-state index contributed by atoms with van der Waals surface area (Å²) in [6, 6.07) is 3.85. The molecule has 0 saturated carbocycles. The van der Waals surface area contributed by atoms with E-state index in [4.69, 9.17) is 4.42 Å². The van der Waals surface area contributed by atoms with Gasteiger partial charge in [0.1, 0.15) is 5.76 Å². The third kappa shape index (κ3) is 2.09. The van der Waals surface area contributed by atoms with Gasteiger partial charge in [0, 0.05) is 0 Å². The second-order valence-electron chi connectivity index (χ2n) is 2.21. The maximum atomic E-state index is 5.09. The van der Waals surface area contributed by atoms with E-state index in [2.05, 4.69) is 13.0 Å². The number of allylic oxidation sites excluding steroid dienone is 1. The van der Waals surface area contributed by atoms with E-state index in [9.17, 15) is 0 Å². The summed E-state index contributed by atoms with van der Waals surface area (Å²) in [5.41, 5.74) is 0. The minimum absolute atomic E-state index is 0.938. The highest BCUT2D eigenvalue weighted by atomic mass is 16.3. The standard InChI is InChI=1S/C9H12O/c1-2-3-4-6-9-7-5-8-10-9/h4-8H,2-3H2,1H3/b6-4+. The third-order valence-electron chi connectivity index (χ3n) is 1.28. The summed E-state index contributed by atoms with van der Waals surface area (Å²) in [4.78, 5) is 0. The van der Waals surface area contributed by atoms with Crippen LogP contribution in [0, 0.1) is 0 Å². The van der Waals surface area contributed by atoms with E-state index in [1.807, 2.05) is 18.2 Å². The summed E-state index contributed by atoms with van der Waals surface area (Å²) < 4.78 is 5.09. The minimum Gasteiger partial charge on any atom is -0.465 e. The van der Waals surface area contributed by atoms with Gasteiger partial charge in [-0.3, -0.25) is 0 Å². The SMILES string of the molecule is CCC/C=C/c1ccco1. The zero-order valence-corrected chi connectivity index (χ0v) is 6.21. The molecule has 0 amide bonds. The summed E-state index contributed by atoms with van der Waals surface area (Å²) in [5.74, 6) is 0.938. The fourth-order valence-electron chi connectivity index (χ4n) is 0.752. The van der Waals surface area contributed by atoms with Gasteiger partial charge in [-0.05, 0) is 24.6 Å². The molecule has 10 heavy (non-hydrogen) atoms. The maximum absolute atomic E-state index is 5.09. The van der Waals surface area contributed by atoms with Crippen molar-refractivity contribution >= 4 is 6.08 Å². The van der Waals surface area contributed by atoms with Crippen LogP contribution in [0.3, 0.4) is 0 Å². The van der Waals surface area contributed by atoms with Crippen molar-refractivity contribution in [2.24, 2.45) is 0 Å². The summed E-state index contributed by atoms with van der Waals surface area (Å²) in [5, 5.41) is 0. The van der Waals surface area contributed by atoms with Crippen LogP contribution in [0.4, 0.5) is 0 Å². The van der Waals surface area contributed by atoms with E-state index in [-0.39, 0.29) is 0 Å². The molecule has 1 rings (SSSR count). The monoisotopic (exact) mass is 136 g/mol. The second-order valence-corrected chi connectivity index (χ2v) is 2.21. The number of unbranched alkanes of at least 4 members (excludes halogenated alkanes) is 1.